The number of halogens is 1. The molecule has 0 spiro atoms. The normalized spacial score (nSPS) is 19.6. The summed E-state index contributed by atoms with van der Waals surface area (Å²) < 4.78 is 5.12. The summed E-state index contributed by atoms with van der Waals surface area (Å²) in [6, 6.07) is 9.49. The lowest BCUT2D eigenvalue weighted by molar-refractivity contribution is -0.128. The van der Waals surface area contributed by atoms with E-state index in [1.54, 1.807) is 30.1 Å². The fraction of sp³-hybridized carbons (Fsp3) is 0.278. The summed E-state index contributed by atoms with van der Waals surface area (Å²) in [5.74, 6) is -2.04. The van der Waals surface area contributed by atoms with Crippen molar-refractivity contribution in [3.8, 4) is 0 Å². The number of nitrogens with zero attached hydrogens (tertiary/aromatic N) is 1. The number of hydrogen-bond donors (Lipinski definition) is 2. The number of carbonyl (C=O) groups is 3. The number of carboxylic acids is 1. The first-order valence-electron chi connectivity index (χ1n) is 7.97. The molecule has 2 amide bonds. The van der Waals surface area contributed by atoms with E-state index >= 15 is 0 Å². The Hall–Kier alpha value is -2.80. The molecular weight excluding hydrogens is 360 g/mol. The van der Waals surface area contributed by atoms with Gasteiger partial charge in [-0.2, -0.15) is 0 Å². The number of furan rings is 1. The van der Waals surface area contributed by atoms with Crippen molar-refractivity contribution in [2.75, 3.05) is 7.05 Å². The molecule has 0 bridgehead atoms. The van der Waals surface area contributed by atoms with E-state index in [9.17, 15) is 14.4 Å². The average Bonchev–Trinajstić information content (AvgIpc) is 3.18. The fourth-order valence-corrected chi connectivity index (χ4v) is 3.34. The van der Waals surface area contributed by atoms with Crippen molar-refractivity contribution in [1.29, 1.82) is 0 Å². The molecule has 136 valence electrons. The van der Waals surface area contributed by atoms with E-state index in [0.29, 0.717) is 10.8 Å². The van der Waals surface area contributed by atoms with Crippen LogP contribution in [0.15, 0.2) is 40.8 Å². The van der Waals surface area contributed by atoms with Crippen molar-refractivity contribution in [2.24, 2.45) is 5.92 Å². The Kier molecular flexibility index (Phi) is 4.99. The largest absolute Gasteiger partial charge is 0.475 e. The van der Waals surface area contributed by atoms with Gasteiger partial charge in [-0.1, -0.05) is 23.7 Å². The van der Waals surface area contributed by atoms with Crippen LogP contribution in [0.5, 0.6) is 0 Å². The molecular formula is C18H17ClN2O5. The quantitative estimate of drug-likeness (QED) is 0.835. The molecule has 0 unspecified atom stereocenters. The first-order chi connectivity index (χ1) is 12.4. The predicted molar refractivity (Wildman–Crippen MR) is 92.6 cm³/mol. The number of likely N-dealkylation sites (tertiary alicyclic amines) is 1. The van der Waals surface area contributed by atoms with Crippen LogP contribution in [-0.2, 0) is 16.1 Å². The summed E-state index contributed by atoms with van der Waals surface area (Å²) in [6.45, 7) is 0.0444. The lowest BCUT2D eigenvalue weighted by Gasteiger charge is -2.25. The van der Waals surface area contributed by atoms with Crippen LogP contribution in [0, 0.1) is 5.92 Å². The number of aromatic carboxylic acids is 1. The molecule has 2 atom stereocenters. The number of carbonyl (C=O) groups excluding carboxylic acids is 2. The first-order valence-corrected chi connectivity index (χ1v) is 8.35. The summed E-state index contributed by atoms with van der Waals surface area (Å²) in [5.41, 5.74) is 0.789. The second-order valence-electron chi connectivity index (χ2n) is 6.10. The molecule has 7 nitrogen and oxygen atoms in total. The Morgan fingerprint density at radius 2 is 2.12 bits per heavy atom. The Bertz CT molecular complexity index is 863. The van der Waals surface area contributed by atoms with Gasteiger partial charge in [-0.25, -0.2) is 4.79 Å². The van der Waals surface area contributed by atoms with Crippen LogP contribution >= 0.6 is 11.6 Å². The monoisotopic (exact) mass is 376 g/mol. The van der Waals surface area contributed by atoms with Gasteiger partial charge >= 0.3 is 5.97 Å². The van der Waals surface area contributed by atoms with Gasteiger partial charge in [0.15, 0.2) is 0 Å². The maximum atomic E-state index is 12.6. The van der Waals surface area contributed by atoms with Crippen molar-refractivity contribution in [3.05, 3.63) is 58.5 Å². The summed E-state index contributed by atoms with van der Waals surface area (Å²) in [5, 5.41) is 12.1. The maximum absolute atomic E-state index is 12.6. The number of amides is 2. The van der Waals surface area contributed by atoms with Gasteiger partial charge in [-0.05, 0) is 29.8 Å². The zero-order valence-electron chi connectivity index (χ0n) is 13.9. The second kappa shape index (κ2) is 7.21. The van der Waals surface area contributed by atoms with Gasteiger partial charge in [-0.3, -0.25) is 9.59 Å². The van der Waals surface area contributed by atoms with Crippen molar-refractivity contribution in [3.63, 3.8) is 0 Å². The van der Waals surface area contributed by atoms with E-state index in [4.69, 9.17) is 21.1 Å². The minimum Gasteiger partial charge on any atom is -0.475 e. The van der Waals surface area contributed by atoms with Crippen LogP contribution in [0.4, 0.5) is 0 Å². The van der Waals surface area contributed by atoms with Gasteiger partial charge in [0, 0.05) is 18.5 Å². The zero-order valence-corrected chi connectivity index (χ0v) is 14.7. The number of rotatable bonds is 5. The molecule has 0 aliphatic carbocycles. The summed E-state index contributed by atoms with van der Waals surface area (Å²) in [6.07, 6.45) is 0.0953. The van der Waals surface area contributed by atoms with Crippen LogP contribution in [0.25, 0.3) is 0 Å². The number of benzene rings is 1. The van der Waals surface area contributed by atoms with Crippen LogP contribution in [0.2, 0.25) is 5.02 Å². The molecule has 2 heterocycles. The highest BCUT2D eigenvalue weighted by molar-refractivity contribution is 6.30. The third-order valence-corrected chi connectivity index (χ3v) is 4.66. The fourth-order valence-electron chi connectivity index (χ4n) is 3.14. The van der Waals surface area contributed by atoms with E-state index in [0.717, 1.165) is 5.56 Å². The highest BCUT2D eigenvalue weighted by Crippen LogP contribution is 2.37. The molecule has 3 rings (SSSR count). The molecule has 0 saturated carbocycles. The molecule has 2 N–H and O–H groups in total. The van der Waals surface area contributed by atoms with Crippen molar-refractivity contribution < 1.29 is 23.9 Å². The van der Waals surface area contributed by atoms with Crippen molar-refractivity contribution in [1.82, 2.24) is 10.2 Å². The number of nitrogens with one attached hydrogen (secondary N) is 1. The molecule has 1 aliphatic heterocycles. The van der Waals surface area contributed by atoms with E-state index < -0.39 is 17.9 Å². The maximum Gasteiger partial charge on any atom is 0.371 e. The molecule has 1 saturated heterocycles. The van der Waals surface area contributed by atoms with Crippen LogP contribution in [0.1, 0.15) is 34.3 Å². The molecule has 0 radical (unpaired) electrons. The number of carboxylic acid groups (broad SMARTS) is 1. The number of hydrogen-bond acceptors (Lipinski definition) is 4. The van der Waals surface area contributed by atoms with Crippen LogP contribution in [-0.4, -0.2) is 34.8 Å². The third kappa shape index (κ3) is 3.57. The molecule has 1 aromatic carbocycles. The molecule has 2 aromatic rings. The minimum atomic E-state index is -1.17. The SMILES string of the molecule is CN1C(=O)C[C@H](C(=O)NCc2ccc(C(=O)O)o2)[C@H]1c1cccc(Cl)c1. The summed E-state index contributed by atoms with van der Waals surface area (Å²) in [4.78, 5) is 37.2. The molecule has 1 aliphatic rings. The first kappa shape index (κ1) is 18.0. The molecule has 1 fully saturated rings. The van der Waals surface area contributed by atoms with Gasteiger partial charge in [0.25, 0.3) is 0 Å². The van der Waals surface area contributed by atoms with E-state index in [2.05, 4.69) is 5.32 Å². The predicted octanol–water partition coefficient (Wildman–Crippen LogP) is 2.47. The van der Waals surface area contributed by atoms with Crippen LogP contribution in [0.3, 0.4) is 0 Å². The highest BCUT2D eigenvalue weighted by Gasteiger charge is 2.42. The molecule has 8 heteroatoms. The zero-order chi connectivity index (χ0) is 18.8. The summed E-state index contributed by atoms with van der Waals surface area (Å²) in [7, 11) is 1.66. The van der Waals surface area contributed by atoms with Gasteiger partial charge in [0.2, 0.25) is 17.6 Å². The smallest absolute Gasteiger partial charge is 0.371 e. The average molecular weight is 377 g/mol. The summed E-state index contributed by atoms with van der Waals surface area (Å²) >= 11 is 6.04. The van der Waals surface area contributed by atoms with Gasteiger partial charge < -0.3 is 19.7 Å². The van der Waals surface area contributed by atoms with Crippen molar-refractivity contribution >= 4 is 29.4 Å². The third-order valence-electron chi connectivity index (χ3n) is 4.42. The van der Waals surface area contributed by atoms with Gasteiger partial charge in [0.1, 0.15) is 5.76 Å². The Morgan fingerprint density at radius 1 is 1.35 bits per heavy atom. The lowest BCUT2D eigenvalue weighted by Crippen LogP contribution is -2.34. The second-order valence-corrected chi connectivity index (χ2v) is 6.54. The molecule has 1 aromatic heterocycles. The Balaban J connectivity index is 1.73. The van der Waals surface area contributed by atoms with E-state index in [1.165, 1.54) is 12.1 Å². The standard InChI is InChI=1S/C18H17ClN2O5/c1-21-15(22)8-13(16(21)10-3-2-4-11(19)7-10)17(23)20-9-12-5-6-14(26-12)18(24)25/h2-7,13,16H,8-9H2,1H3,(H,20,23)(H,24,25)/t13-,16+/m0/s1. The van der Waals surface area contributed by atoms with E-state index in [-0.39, 0.29) is 30.5 Å². The topological polar surface area (TPSA) is 99.9 Å². The lowest BCUT2D eigenvalue weighted by atomic mass is 9.93. The van der Waals surface area contributed by atoms with Crippen molar-refractivity contribution in [2.45, 2.75) is 19.0 Å². The minimum absolute atomic E-state index is 0.0444. The molecule has 26 heavy (non-hydrogen) atoms. The van der Waals surface area contributed by atoms with E-state index in [1.807, 2.05) is 6.07 Å². The Morgan fingerprint density at radius 3 is 2.77 bits per heavy atom. The van der Waals surface area contributed by atoms with Gasteiger partial charge in [-0.15, -0.1) is 0 Å². The van der Waals surface area contributed by atoms with Crippen LogP contribution < -0.4 is 5.32 Å². The Labute approximate surface area is 154 Å². The highest BCUT2D eigenvalue weighted by atomic mass is 35.5. The van der Waals surface area contributed by atoms with Gasteiger partial charge in [0.05, 0.1) is 18.5 Å².